The van der Waals surface area contributed by atoms with Gasteiger partial charge in [-0.25, -0.2) is 9.18 Å². The Bertz CT molecular complexity index is 408. The second-order valence-electron chi connectivity index (χ2n) is 4.43. The van der Waals surface area contributed by atoms with Crippen molar-refractivity contribution >= 4 is 11.7 Å². The predicted octanol–water partition coefficient (Wildman–Crippen LogP) is 2.28. The van der Waals surface area contributed by atoms with E-state index in [1.165, 1.54) is 12.1 Å². The number of aromatic carboxylic acids is 1. The Hall–Kier alpha value is -1.62. The maximum Gasteiger partial charge on any atom is 0.337 e. The van der Waals surface area contributed by atoms with Crippen molar-refractivity contribution in [3.8, 4) is 0 Å². The Morgan fingerprint density at radius 2 is 2.11 bits per heavy atom. The number of hydrogen-bond acceptors (Lipinski definition) is 3. The molecule has 0 aliphatic rings. The fraction of sp³-hybridized carbons (Fsp3) is 0.462. The van der Waals surface area contributed by atoms with Crippen LogP contribution in [0.3, 0.4) is 0 Å². The van der Waals surface area contributed by atoms with Crippen LogP contribution in [0.2, 0.25) is 0 Å². The number of halogens is 1. The van der Waals surface area contributed by atoms with Crippen molar-refractivity contribution < 1.29 is 14.3 Å². The summed E-state index contributed by atoms with van der Waals surface area (Å²) < 4.78 is 12.9. The number of rotatable bonds is 7. The van der Waals surface area contributed by atoms with Crippen LogP contribution in [0.25, 0.3) is 0 Å². The summed E-state index contributed by atoms with van der Waals surface area (Å²) in [5.41, 5.74) is 0.441. The van der Waals surface area contributed by atoms with Gasteiger partial charge in [0, 0.05) is 12.2 Å². The molecule has 0 unspecified atom stereocenters. The summed E-state index contributed by atoms with van der Waals surface area (Å²) in [6.45, 7) is 1.68. The van der Waals surface area contributed by atoms with E-state index >= 15 is 0 Å². The molecule has 0 saturated carbocycles. The van der Waals surface area contributed by atoms with E-state index in [1.54, 1.807) is 0 Å². The van der Waals surface area contributed by atoms with Crippen molar-refractivity contribution in [2.45, 2.75) is 12.8 Å². The number of nitrogens with one attached hydrogen (secondary N) is 1. The lowest BCUT2D eigenvalue weighted by molar-refractivity contribution is 0.0697. The average Bonchev–Trinajstić information content (AvgIpc) is 2.29. The predicted molar refractivity (Wildman–Crippen MR) is 69.6 cm³/mol. The van der Waals surface area contributed by atoms with Crippen LogP contribution < -0.4 is 5.32 Å². The number of anilines is 1. The molecule has 0 amide bonds. The molecular weight excluding hydrogens is 235 g/mol. The summed E-state index contributed by atoms with van der Waals surface area (Å²) in [7, 11) is 4.02. The molecule has 0 saturated heterocycles. The average molecular weight is 254 g/mol. The van der Waals surface area contributed by atoms with Crippen molar-refractivity contribution in [2.75, 3.05) is 32.5 Å². The molecule has 0 aromatic heterocycles. The van der Waals surface area contributed by atoms with Crippen molar-refractivity contribution in [2.24, 2.45) is 0 Å². The van der Waals surface area contributed by atoms with Gasteiger partial charge in [-0.1, -0.05) is 0 Å². The van der Waals surface area contributed by atoms with Gasteiger partial charge < -0.3 is 15.3 Å². The second kappa shape index (κ2) is 6.96. The van der Waals surface area contributed by atoms with Gasteiger partial charge >= 0.3 is 5.97 Å². The van der Waals surface area contributed by atoms with Gasteiger partial charge in [-0.2, -0.15) is 0 Å². The SMILES string of the molecule is CN(C)CCCCNc1ccc(F)cc1C(=O)O. The first kappa shape index (κ1) is 14.4. The molecule has 0 bridgehead atoms. The molecule has 1 rings (SSSR count). The molecule has 100 valence electrons. The summed E-state index contributed by atoms with van der Waals surface area (Å²) in [4.78, 5) is 13.0. The highest BCUT2D eigenvalue weighted by molar-refractivity contribution is 5.94. The van der Waals surface area contributed by atoms with Crippen LogP contribution in [0.1, 0.15) is 23.2 Å². The Morgan fingerprint density at radius 3 is 2.72 bits per heavy atom. The minimum absolute atomic E-state index is 0.0254. The Morgan fingerprint density at radius 1 is 1.39 bits per heavy atom. The highest BCUT2D eigenvalue weighted by Gasteiger charge is 2.10. The highest BCUT2D eigenvalue weighted by atomic mass is 19.1. The lowest BCUT2D eigenvalue weighted by Gasteiger charge is -2.11. The minimum Gasteiger partial charge on any atom is -0.478 e. The summed E-state index contributed by atoms with van der Waals surface area (Å²) in [5.74, 6) is -1.66. The van der Waals surface area contributed by atoms with Gasteiger partial charge in [0.1, 0.15) is 5.82 Å². The highest BCUT2D eigenvalue weighted by Crippen LogP contribution is 2.17. The smallest absolute Gasteiger partial charge is 0.337 e. The van der Waals surface area contributed by atoms with Gasteiger partial charge in [0.25, 0.3) is 0 Å². The molecule has 1 aromatic rings. The molecule has 18 heavy (non-hydrogen) atoms. The van der Waals surface area contributed by atoms with Crippen LogP contribution in [-0.4, -0.2) is 43.2 Å². The lowest BCUT2D eigenvalue weighted by atomic mass is 10.1. The monoisotopic (exact) mass is 254 g/mol. The van der Waals surface area contributed by atoms with E-state index < -0.39 is 11.8 Å². The molecule has 0 heterocycles. The van der Waals surface area contributed by atoms with Gasteiger partial charge in [-0.3, -0.25) is 0 Å². The molecule has 0 radical (unpaired) electrons. The topological polar surface area (TPSA) is 52.6 Å². The first-order valence-electron chi connectivity index (χ1n) is 5.92. The normalized spacial score (nSPS) is 10.7. The Balaban J connectivity index is 2.49. The number of hydrogen-bond donors (Lipinski definition) is 2. The van der Waals surface area contributed by atoms with Crippen LogP contribution >= 0.6 is 0 Å². The molecule has 2 N–H and O–H groups in total. The van der Waals surface area contributed by atoms with Crippen molar-refractivity contribution in [3.05, 3.63) is 29.6 Å². The van der Waals surface area contributed by atoms with Crippen LogP contribution in [0, 0.1) is 5.82 Å². The molecule has 0 atom stereocenters. The molecule has 4 nitrogen and oxygen atoms in total. The number of carboxylic acid groups (broad SMARTS) is 1. The van der Waals surface area contributed by atoms with Gasteiger partial charge in [0.05, 0.1) is 5.56 Å². The van der Waals surface area contributed by atoms with E-state index in [2.05, 4.69) is 10.2 Å². The second-order valence-corrected chi connectivity index (χ2v) is 4.43. The number of carboxylic acids is 1. The maximum atomic E-state index is 12.9. The minimum atomic E-state index is -1.12. The molecule has 5 heteroatoms. The summed E-state index contributed by atoms with van der Waals surface area (Å²) >= 11 is 0. The third-order valence-corrected chi connectivity index (χ3v) is 2.56. The summed E-state index contributed by atoms with van der Waals surface area (Å²) in [6.07, 6.45) is 1.97. The van der Waals surface area contributed by atoms with Gasteiger partial charge in [0.15, 0.2) is 0 Å². The fourth-order valence-corrected chi connectivity index (χ4v) is 1.62. The largest absolute Gasteiger partial charge is 0.478 e. The first-order valence-corrected chi connectivity index (χ1v) is 5.92. The zero-order chi connectivity index (χ0) is 13.5. The summed E-state index contributed by atoms with van der Waals surface area (Å²) in [6, 6.07) is 3.75. The van der Waals surface area contributed by atoms with Gasteiger partial charge in [-0.05, 0) is 51.7 Å². The molecule has 0 aliphatic heterocycles. The molecule has 0 aliphatic carbocycles. The molecule has 1 aromatic carbocycles. The fourth-order valence-electron chi connectivity index (χ4n) is 1.62. The van der Waals surface area contributed by atoms with E-state index in [4.69, 9.17) is 5.11 Å². The molecular formula is C13H19FN2O2. The first-order chi connectivity index (χ1) is 8.50. The van der Waals surface area contributed by atoms with Crippen LogP contribution in [0.15, 0.2) is 18.2 Å². The van der Waals surface area contributed by atoms with Crippen molar-refractivity contribution in [3.63, 3.8) is 0 Å². The van der Waals surface area contributed by atoms with E-state index in [1.807, 2.05) is 14.1 Å². The standard InChI is InChI=1S/C13H19FN2O2/c1-16(2)8-4-3-7-15-12-6-5-10(14)9-11(12)13(17)18/h5-6,9,15H,3-4,7-8H2,1-2H3,(H,17,18). The van der Waals surface area contributed by atoms with Crippen LogP contribution in [0.4, 0.5) is 10.1 Å². The van der Waals surface area contributed by atoms with Crippen LogP contribution in [0.5, 0.6) is 0 Å². The third kappa shape index (κ3) is 4.71. The maximum absolute atomic E-state index is 12.9. The van der Waals surface area contributed by atoms with E-state index in [9.17, 15) is 9.18 Å². The Labute approximate surface area is 106 Å². The zero-order valence-corrected chi connectivity index (χ0v) is 10.7. The lowest BCUT2D eigenvalue weighted by Crippen LogP contribution is -2.14. The van der Waals surface area contributed by atoms with E-state index in [0.717, 1.165) is 25.5 Å². The number of carbonyl (C=O) groups is 1. The number of unbranched alkanes of at least 4 members (excludes halogenated alkanes) is 1. The van der Waals surface area contributed by atoms with Gasteiger partial charge in [0.2, 0.25) is 0 Å². The summed E-state index contributed by atoms with van der Waals surface area (Å²) in [5, 5.41) is 12.0. The van der Waals surface area contributed by atoms with Gasteiger partial charge in [-0.15, -0.1) is 0 Å². The number of nitrogens with zero attached hydrogens (tertiary/aromatic N) is 1. The molecule has 0 fully saturated rings. The van der Waals surface area contributed by atoms with E-state index in [-0.39, 0.29) is 5.56 Å². The van der Waals surface area contributed by atoms with Crippen molar-refractivity contribution in [1.82, 2.24) is 4.90 Å². The van der Waals surface area contributed by atoms with Crippen LogP contribution in [-0.2, 0) is 0 Å². The third-order valence-electron chi connectivity index (χ3n) is 2.56. The van der Waals surface area contributed by atoms with E-state index in [0.29, 0.717) is 12.2 Å². The van der Waals surface area contributed by atoms with Crippen molar-refractivity contribution in [1.29, 1.82) is 0 Å². The zero-order valence-electron chi connectivity index (χ0n) is 10.7. The molecule has 0 spiro atoms. The number of benzene rings is 1. The Kier molecular flexibility index (Phi) is 5.58. The quantitative estimate of drug-likeness (QED) is 0.733.